The molecule has 1 aromatic heterocycles. The van der Waals surface area contributed by atoms with Crippen LogP contribution < -0.4 is 15.5 Å². The number of thiazole rings is 1. The summed E-state index contributed by atoms with van der Waals surface area (Å²) in [6, 6.07) is 6.15. The number of piperazine rings is 1. The highest BCUT2D eigenvalue weighted by molar-refractivity contribution is 7.13. The molecule has 3 rings (SSSR count). The number of nitrogens with two attached hydrogens (primary N) is 1. The van der Waals surface area contributed by atoms with Crippen LogP contribution in [0.4, 0.5) is 10.8 Å². The summed E-state index contributed by atoms with van der Waals surface area (Å²) in [5.74, 6) is 0. The Morgan fingerprint density at radius 2 is 1.95 bits per heavy atom. The summed E-state index contributed by atoms with van der Waals surface area (Å²) in [6.07, 6.45) is 1.86. The second-order valence-corrected chi connectivity index (χ2v) is 6.57. The predicted octanol–water partition coefficient (Wildman–Crippen LogP) is 3.14. The second kappa shape index (κ2) is 6.22. The van der Waals surface area contributed by atoms with Gasteiger partial charge in [-0.25, -0.2) is 4.98 Å². The van der Waals surface area contributed by atoms with Crippen molar-refractivity contribution in [2.75, 3.05) is 36.0 Å². The first-order chi connectivity index (χ1) is 10.1. The molecule has 1 atom stereocenters. The second-order valence-electron chi connectivity index (χ2n) is 5.29. The molecule has 0 aliphatic carbocycles. The number of nitrogens with zero attached hydrogens (tertiary/aromatic N) is 3. The van der Waals surface area contributed by atoms with Crippen molar-refractivity contribution >= 4 is 33.8 Å². The first-order valence-corrected chi connectivity index (χ1v) is 8.35. The molecule has 21 heavy (non-hydrogen) atoms. The Kier molecular flexibility index (Phi) is 4.33. The number of hydrogen-bond donors (Lipinski definition) is 1. The average molecular weight is 323 g/mol. The van der Waals surface area contributed by atoms with Crippen LogP contribution in [-0.2, 0) is 0 Å². The Bertz CT molecular complexity index is 592. The van der Waals surface area contributed by atoms with Crippen LogP contribution in [0, 0.1) is 0 Å². The van der Waals surface area contributed by atoms with Crippen molar-refractivity contribution in [3.05, 3.63) is 40.4 Å². The lowest BCUT2D eigenvalue weighted by Gasteiger charge is -2.36. The molecule has 4 nitrogen and oxygen atoms in total. The SMILES string of the molecule is C[C@@H](N)c1ccc(N2CCN(c3nccs3)CC2)c(Cl)c1. The highest BCUT2D eigenvalue weighted by Crippen LogP contribution is 2.30. The van der Waals surface area contributed by atoms with Gasteiger partial charge in [-0.15, -0.1) is 11.3 Å². The van der Waals surface area contributed by atoms with Crippen LogP contribution >= 0.6 is 22.9 Å². The van der Waals surface area contributed by atoms with Crippen LogP contribution in [0.3, 0.4) is 0 Å². The molecule has 1 fully saturated rings. The van der Waals surface area contributed by atoms with Crippen LogP contribution in [-0.4, -0.2) is 31.2 Å². The summed E-state index contributed by atoms with van der Waals surface area (Å²) in [6.45, 7) is 5.82. The van der Waals surface area contributed by atoms with Crippen LogP contribution in [0.25, 0.3) is 0 Å². The number of aromatic nitrogens is 1. The molecule has 2 heterocycles. The fourth-order valence-electron chi connectivity index (χ4n) is 2.57. The van der Waals surface area contributed by atoms with Crippen LogP contribution in [0.1, 0.15) is 18.5 Å². The summed E-state index contributed by atoms with van der Waals surface area (Å²) >= 11 is 8.11. The maximum absolute atomic E-state index is 6.42. The van der Waals surface area contributed by atoms with Crippen molar-refractivity contribution in [3.63, 3.8) is 0 Å². The minimum absolute atomic E-state index is 0.0123. The zero-order valence-electron chi connectivity index (χ0n) is 12.0. The Morgan fingerprint density at radius 3 is 2.52 bits per heavy atom. The highest BCUT2D eigenvalue weighted by Gasteiger charge is 2.20. The Labute approximate surface area is 134 Å². The summed E-state index contributed by atoms with van der Waals surface area (Å²) in [4.78, 5) is 9.03. The van der Waals surface area contributed by atoms with Gasteiger partial charge < -0.3 is 15.5 Å². The van der Waals surface area contributed by atoms with Crippen molar-refractivity contribution in [1.82, 2.24) is 4.98 Å². The Hall–Kier alpha value is -1.30. The van der Waals surface area contributed by atoms with E-state index < -0.39 is 0 Å². The summed E-state index contributed by atoms with van der Waals surface area (Å²) in [5, 5.41) is 3.91. The smallest absolute Gasteiger partial charge is 0.185 e. The van der Waals surface area contributed by atoms with Gasteiger partial charge in [0.25, 0.3) is 0 Å². The van der Waals surface area contributed by atoms with Gasteiger partial charge in [-0.1, -0.05) is 17.7 Å². The third kappa shape index (κ3) is 3.15. The summed E-state index contributed by atoms with van der Waals surface area (Å²) < 4.78 is 0. The van der Waals surface area contributed by atoms with Gasteiger partial charge in [0.15, 0.2) is 5.13 Å². The van der Waals surface area contributed by atoms with Gasteiger partial charge in [0.2, 0.25) is 0 Å². The number of anilines is 2. The van der Waals surface area contributed by atoms with Gasteiger partial charge >= 0.3 is 0 Å². The van der Waals surface area contributed by atoms with Crippen molar-refractivity contribution in [3.8, 4) is 0 Å². The molecule has 0 radical (unpaired) electrons. The van der Waals surface area contributed by atoms with Crippen molar-refractivity contribution < 1.29 is 0 Å². The van der Waals surface area contributed by atoms with Gasteiger partial charge in [0.1, 0.15) is 0 Å². The van der Waals surface area contributed by atoms with Crippen LogP contribution in [0.5, 0.6) is 0 Å². The van der Waals surface area contributed by atoms with Crippen molar-refractivity contribution in [2.24, 2.45) is 5.73 Å². The largest absolute Gasteiger partial charge is 0.367 e. The van der Waals surface area contributed by atoms with E-state index in [-0.39, 0.29) is 6.04 Å². The van der Waals surface area contributed by atoms with E-state index >= 15 is 0 Å². The molecule has 2 N–H and O–H groups in total. The molecular formula is C15H19ClN4S. The van der Waals surface area contributed by atoms with E-state index in [2.05, 4.69) is 26.9 Å². The van der Waals surface area contributed by atoms with Gasteiger partial charge in [-0.3, -0.25) is 0 Å². The molecule has 1 aliphatic heterocycles. The molecule has 0 spiro atoms. The first-order valence-electron chi connectivity index (χ1n) is 7.09. The topological polar surface area (TPSA) is 45.4 Å². The van der Waals surface area contributed by atoms with Gasteiger partial charge in [0.05, 0.1) is 10.7 Å². The lowest BCUT2D eigenvalue weighted by atomic mass is 10.1. The lowest BCUT2D eigenvalue weighted by molar-refractivity contribution is 0.652. The minimum Gasteiger partial charge on any atom is -0.367 e. The van der Waals surface area contributed by atoms with E-state index in [1.165, 1.54) is 0 Å². The number of halogens is 1. The zero-order valence-corrected chi connectivity index (χ0v) is 13.6. The molecule has 1 aliphatic rings. The highest BCUT2D eigenvalue weighted by atomic mass is 35.5. The van der Waals surface area contributed by atoms with Gasteiger partial charge in [-0.2, -0.15) is 0 Å². The molecule has 1 aromatic carbocycles. The summed E-state index contributed by atoms with van der Waals surface area (Å²) in [7, 11) is 0. The zero-order chi connectivity index (χ0) is 14.8. The standard InChI is InChI=1S/C15H19ClN4S/c1-11(17)12-2-3-14(13(16)10-12)19-5-7-20(8-6-19)15-18-4-9-21-15/h2-4,9-11H,5-8,17H2,1H3/t11-/m1/s1. The minimum atomic E-state index is 0.0123. The monoisotopic (exact) mass is 322 g/mol. The third-order valence-electron chi connectivity index (χ3n) is 3.81. The molecular weight excluding hydrogens is 304 g/mol. The fraction of sp³-hybridized carbons (Fsp3) is 0.400. The molecule has 0 unspecified atom stereocenters. The third-order valence-corrected chi connectivity index (χ3v) is 4.94. The van der Waals surface area contributed by atoms with Gasteiger partial charge in [0, 0.05) is 43.8 Å². The molecule has 112 valence electrons. The Balaban J connectivity index is 1.69. The fourth-order valence-corrected chi connectivity index (χ4v) is 3.58. The van der Waals surface area contributed by atoms with E-state index in [1.54, 1.807) is 11.3 Å². The molecule has 6 heteroatoms. The molecule has 0 saturated carbocycles. The van der Waals surface area contributed by atoms with E-state index in [9.17, 15) is 0 Å². The predicted molar refractivity (Wildman–Crippen MR) is 90.6 cm³/mol. The van der Waals surface area contributed by atoms with E-state index in [1.807, 2.05) is 24.6 Å². The average Bonchev–Trinajstić information content (AvgIpc) is 3.01. The Morgan fingerprint density at radius 1 is 1.24 bits per heavy atom. The number of rotatable bonds is 3. The molecule has 2 aromatic rings. The van der Waals surface area contributed by atoms with Crippen LogP contribution in [0.15, 0.2) is 29.8 Å². The van der Waals surface area contributed by atoms with Crippen molar-refractivity contribution in [1.29, 1.82) is 0 Å². The van der Waals surface area contributed by atoms with Crippen molar-refractivity contribution in [2.45, 2.75) is 13.0 Å². The summed E-state index contributed by atoms with van der Waals surface area (Å²) in [5.41, 5.74) is 8.07. The van der Waals surface area contributed by atoms with Gasteiger partial charge in [-0.05, 0) is 24.6 Å². The normalized spacial score (nSPS) is 17.1. The van der Waals surface area contributed by atoms with E-state index in [4.69, 9.17) is 17.3 Å². The number of hydrogen-bond acceptors (Lipinski definition) is 5. The number of benzene rings is 1. The first kappa shape index (κ1) is 14.6. The molecule has 1 saturated heterocycles. The van der Waals surface area contributed by atoms with Crippen LogP contribution in [0.2, 0.25) is 5.02 Å². The van der Waals surface area contributed by atoms with E-state index in [0.717, 1.165) is 47.6 Å². The molecule has 0 bridgehead atoms. The molecule has 0 amide bonds. The maximum atomic E-state index is 6.42. The quantitative estimate of drug-likeness (QED) is 0.943. The lowest BCUT2D eigenvalue weighted by Crippen LogP contribution is -2.46. The maximum Gasteiger partial charge on any atom is 0.185 e. The van der Waals surface area contributed by atoms with E-state index in [0.29, 0.717) is 0 Å².